The number of carbonyl (C=O) groups is 2. The standard InChI is InChI=1S/C15H21N3O2/c1-9(16)3-6-14(19)17-10(2)11-4-5-13-12(7-11)8-15(20)18-13/h4-5,7,9-10H,3,6,8,16H2,1-2H3,(H,17,19)(H,18,20). The molecule has 2 atom stereocenters. The second kappa shape index (κ2) is 6.05. The molecule has 0 saturated heterocycles. The molecule has 0 bridgehead atoms. The van der Waals surface area contributed by atoms with Crippen molar-refractivity contribution in [1.29, 1.82) is 0 Å². The maximum Gasteiger partial charge on any atom is 0.228 e. The van der Waals surface area contributed by atoms with Crippen LogP contribution >= 0.6 is 0 Å². The summed E-state index contributed by atoms with van der Waals surface area (Å²) in [6, 6.07) is 5.76. The van der Waals surface area contributed by atoms with Crippen molar-refractivity contribution < 1.29 is 9.59 Å². The number of fused-ring (bicyclic) bond motifs is 1. The minimum Gasteiger partial charge on any atom is -0.350 e. The van der Waals surface area contributed by atoms with Crippen LogP contribution in [0.3, 0.4) is 0 Å². The number of hydrogen-bond acceptors (Lipinski definition) is 3. The predicted octanol–water partition coefficient (Wildman–Crippen LogP) is 1.49. The first-order valence-corrected chi connectivity index (χ1v) is 6.93. The van der Waals surface area contributed by atoms with E-state index in [9.17, 15) is 9.59 Å². The van der Waals surface area contributed by atoms with E-state index in [0.29, 0.717) is 19.3 Å². The van der Waals surface area contributed by atoms with Crippen molar-refractivity contribution in [2.24, 2.45) is 5.73 Å². The van der Waals surface area contributed by atoms with Gasteiger partial charge in [-0.15, -0.1) is 0 Å². The van der Waals surface area contributed by atoms with Gasteiger partial charge in [-0.3, -0.25) is 9.59 Å². The molecular weight excluding hydrogens is 254 g/mol. The number of carbonyl (C=O) groups excluding carboxylic acids is 2. The molecule has 5 heteroatoms. The van der Waals surface area contributed by atoms with Gasteiger partial charge in [0.05, 0.1) is 12.5 Å². The van der Waals surface area contributed by atoms with Crippen LogP contribution in [0, 0.1) is 0 Å². The molecular formula is C15H21N3O2. The first-order valence-electron chi connectivity index (χ1n) is 6.93. The molecule has 20 heavy (non-hydrogen) atoms. The zero-order valence-corrected chi connectivity index (χ0v) is 11.9. The summed E-state index contributed by atoms with van der Waals surface area (Å²) in [4.78, 5) is 23.1. The Morgan fingerprint density at radius 1 is 1.45 bits per heavy atom. The maximum atomic E-state index is 11.8. The molecule has 1 aromatic carbocycles. The third-order valence-electron chi connectivity index (χ3n) is 3.46. The van der Waals surface area contributed by atoms with Crippen molar-refractivity contribution in [3.05, 3.63) is 29.3 Å². The molecule has 1 heterocycles. The van der Waals surface area contributed by atoms with E-state index < -0.39 is 0 Å². The molecule has 4 N–H and O–H groups in total. The number of nitrogens with two attached hydrogens (primary N) is 1. The van der Waals surface area contributed by atoms with Crippen molar-refractivity contribution in [3.63, 3.8) is 0 Å². The van der Waals surface area contributed by atoms with Gasteiger partial charge in [-0.2, -0.15) is 0 Å². The van der Waals surface area contributed by atoms with Crippen molar-refractivity contribution in [2.75, 3.05) is 5.32 Å². The number of amides is 2. The number of hydrogen-bond donors (Lipinski definition) is 3. The quantitative estimate of drug-likeness (QED) is 0.761. The average Bonchev–Trinajstić information content (AvgIpc) is 2.75. The SMILES string of the molecule is CC(N)CCC(=O)NC(C)c1ccc2c(c1)CC(=O)N2. The van der Waals surface area contributed by atoms with E-state index in [1.165, 1.54) is 0 Å². The van der Waals surface area contributed by atoms with Crippen LogP contribution in [0.1, 0.15) is 43.9 Å². The van der Waals surface area contributed by atoms with Crippen molar-refractivity contribution in [3.8, 4) is 0 Å². The van der Waals surface area contributed by atoms with Crippen LogP contribution in [-0.2, 0) is 16.0 Å². The average molecular weight is 275 g/mol. The molecule has 0 radical (unpaired) electrons. The summed E-state index contributed by atoms with van der Waals surface area (Å²) in [7, 11) is 0. The van der Waals surface area contributed by atoms with Gasteiger partial charge in [-0.25, -0.2) is 0 Å². The minimum atomic E-state index is -0.0726. The van der Waals surface area contributed by atoms with Crippen LogP contribution in [0.4, 0.5) is 5.69 Å². The smallest absolute Gasteiger partial charge is 0.228 e. The third-order valence-corrected chi connectivity index (χ3v) is 3.46. The fourth-order valence-electron chi connectivity index (χ4n) is 2.27. The zero-order valence-electron chi connectivity index (χ0n) is 11.9. The summed E-state index contributed by atoms with van der Waals surface area (Å²) in [5.41, 5.74) is 8.51. The third kappa shape index (κ3) is 3.57. The summed E-state index contributed by atoms with van der Waals surface area (Å²) in [5, 5.41) is 5.75. The Bertz CT molecular complexity index is 526. The molecule has 1 aromatic rings. The van der Waals surface area contributed by atoms with Gasteiger partial charge >= 0.3 is 0 Å². The van der Waals surface area contributed by atoms with E-state index in [1.54, 1.807) is 0 Å². The highest BCUT2D eigenvalue weighted by atomic mass is 16.2. The molecule has 0 aromatic heterocycles. The maximum absolute atomic E-state index is 11.8. The van der Waals surface area contributed by atoms with Crippen LogP contribution < -0.4 is 16.4 Å². The Morgan fingerprint density at radius 3 is 2.90 bits per heavy atom. The monoisotopic (exact) mass is 275 g/mol. The van der Waals surface area contributed by atoms with Crippen molar-refractivity contribution in [1.82, 2.24) is 5.32 Å². The molecule has 2 rings (SSSR count). The molecule has 2 amide bonds. The number of nitrogens with one attached hydrogen (secondary N) is 2. The van der Waals surface area contributed by atoms with Crippen LogP contribution in [0.15, 0.2) is 18.2 Å². The number of benzene rings is 1. The molecule has 0 fully saturated rings. The Labute approximate surface area is 118 Å². The summed E-state index contributed by atoms with van der Waals surface area (Å²) < 4.78 is 0. The van der Waals surface area contributed by atoms with Gasteiger partial charge < -0.3 is 16.4 Å². The molecule has 1 aliphatic heterocycles. The molecule has 0 aliphatic carbocycles. The van der Waals surface area contributed by atoms with E-state index in [0.717, 1.165) is 16.8 Å². The second-order valence-corrected chi connectivity index (χ2v) is 5.45. The topological polar surface area (TPSA) is 84.2 Å². The van der Waals surface area contributed by atoms with Gasteiger partial charge in [0.1, 0.15) is 0 Å². The lowest BCUT2D eigenvalue weighted by atomic mass is 10.0. The van der Waals surface area contributed by atoms with Gasteiger partial charge in [0.15, 0.2) is 0 Å². The van der Waals surface area contributed by atoms with Gasteiger partial charge in [0, 0.05) is 18.2 Å². The van der Waals surface area contributed by atoms with Crippen molar-refractivity contribution in [2.45, 2.75) is 45.2 Å². The minimum absolute atomic E-state index is 0.00417. The zero-order chi connectivity index (χ0) is 14.7. The molecule has 0 saturated carbocycles. The van der Waals surface area contributed by atoms with Gasteiger partial charge in [0.2, 0.25) is 11.8 Å². The van der Waals surface area contributed by atoms with Crippen LogP contribution in [0.25, 0.3) is 0 Å². The van der Waals surface area contributed by atoms with E-state index in [-0.39, 0.29) is 23.9 Å². The fraction of sp³-hybridized carbons (Fsp3) is 0.467. The summed E-state index contributed by atoms with van der Waals surface area (Å²) in [6.07, 6.45) is 1.53. The first-order chi connectivity index (χ1) is 9.45. The van der Waals surface area contributed by atoms with Crippen LogP contribution in [0.5, 0.6) is 0 Å². The molecule has 2 unspecified atom stereocenters. The number of anilines is 1. The van der Waals surface area contributed by atoms with E-state index in [4.69, 9.17) is 5.73 Å². The molecule has 108 valence electrons. The highest BCUT2D eigenvalue weighted by molar-refractivity contribution is 5.99. The molecule has 0 spiro atoms. The second-order valence-electron chi connectivity index (χ2n) is 5.45. The first kappa shape index (κ1) is 14.5. The fourth-order valence-corrected chi connectivity index (χ4v) is 2.27. The summed E-state index contributed by atoms with van der Waals surface area (Å²) in [5.74, 6) is 0.0234. The largest absolute Gasteiger partial charge is 0.350 e. The Balaban J connectivity index is 1.96. The summed E-state index contributed by atoms with van der Waals surface area (Å²) >= 11 is 0. The molecule has 5 nitrogen and oxygen atoms in total. The predicted molar refractivity (Wildman–Crippen MR) is 78.2 cm³/mol. The lowest BCUT2D eigenvalue weighted by Crippen LogP contribution is -2.28. The Kier molecular flexibility index (Phi) is 4.39. The Hall–Kier alpha value is -1.88. The van der Waals surface area contributed by atoms with Gasteiger partial charge in [0.25, 0.3) is 0 Å². The van der Waals surface area contributed by atoms with Crippen LogP contribution in [0.2, 0.25) is 0 Å². The van der Waals surface area contributed by atoms with Crippen molar-refractivity contribution >= 4 is 17.5 Å². The Morgan fingerprint density at radius 2 is 2.20 bits per heavy atom. The highest BCUT2D eigenvalue weighted by Crippen LogP contribution is 2.26. The van der Waals surface area contributed by atoms with E-state index >= 15 is 0 Å². The summed E-state index contributed by atoms with van der Waals surface area (Å²) in [6.45, 7) is 3.83. The van der Waals surface area contributed by atoms with Crippen LogP contribution in [-0.4, -0.2) is 17.9 Å². The lowest BCUT2D eigenvalue weighted by molar-refractivity contribution is -0.122. The van der Waals surface area contributed by atoms with Gasteiger partial charge in [-0.1, -0.05) is 12.1 Å². The van der Waals surface area contributed by atoms with E-state index in [1.807, 2.05) is 32.0 Å². The van der Waals surface area contributed by atoms with E-state index in [2.05, 4.69) is 10.6 Å². The number of rotatable bonds is 5. The van der Waals surface area contributed by atoms with Gasteiger partial charge in [-0.05, 0) is 37.5 Å². The molecule has 1 aliphatic rings. The normalized spacial score (nSPS) is 16.2. The highest BCUT2D eigenvalue weighted by Gasteiger charge is 2.19. The lowest BCUT2D eigenvalue weighted by Gasteiger charge is -2.15.